The van der Waals surface area contributed by atoms with E-state index in [0.29, 0.717) is 0 Å². The van der Waals surface area contributed by atoms with Crippen LogP contribution in [0.25, 0.3) is 0 Å². The SMILES string of the molecule is CC(C)C1CCC2=C(CCC3C(C)C3CC2)N1. The first-order valence-electron chi connectivity index (χ1n) is 7.64. The molecule has 4 unspecified atom stereocenters. The summed E-state index contributed by atoms with van der Waals surface area (Å²) < 4.78 is 0. The molecule has 1 N–H and O–H groups in total. The Labute approximate surface area is 106 Å². The first-order valence-corrected chi connectivity index (χ1v) is 7.64. The number of fused-ring (bicyclic) bond motifs is 1. The summed E-state index contributed by atoms with van der Waals surface area (Å²) in [6.07, 6.45) is 8.38. The van der Waals surface area contributed by atoms with Crippen LogP contribution in [-0.4, -0.2) is 6.04 Å². The van der Waals surface area contributed by atoms with Gasteiger partial charge in [-0.1, -0.05) is 26.3 Å². The molecule has 2 aliphatic carbocycles. The topological polar surface area (TPSA) is 12.0 Å². The number of rotatable bonds is 1. The standard InChI is InChI=1S/C16H27N/c1-10(2)15-8-5-12-4-6-13-11(3)14(13)7-9-16(12)17-15/h10-11,13-15,17H,4-9H2,1-3H3. The highest BCUT2D eigenvalue weighted by Gasteiger charge is 2.46. The third-order valence-corrected chi connectivity index (χ3v) is 5.62. The van der Waals surface area contributed by atoms with E-state index in [0.717, 1.165) is 29.7 Å². The van der Waals surface area contributed by atoms with Crippen molar-refractivity contribution >= 4 is 0 Å². The van der Waals surface area contributed by atoms with Gasteiger partial charge in [0.15, 0.2) is 0 Å². The van der Waals surface area contributed by atoms with Crippen molar-refractivity contribution < 1.29 is 0 Å². The van der Waals surface area contributed by atoms with Gasteiger partial charge in [0.1, 0.15) is 0 Å². The highest BCUT2D eigenvalue weighted by Crippen LogP contribution is 2.54. The van der Waals surface area contributed by atoms with Gasteiger partial charge in [-0.25, -0.2) is 0 Å². The van der Waals surface area contributed by atoms with Gasteiger partial charge < -0.3 is 5.32 Å². The van der Waals surface area contributed by atoms with Crippen molar-refractivity contribution in [1.29, 1.82) is 0 Å². The number of hydrogen-bond donors (Lipinski definition) is 1. The smallest absolute Gasteiger partial charge is 0.0284 e. The van der Waals surface area contributed by atoms with Crippen molar-refractivity contribution in [2.75, 3.05) is 0 Å². The first-order chi connectivity index (χ1) is 8.16. The lowest BCUT2D eigenvalue weighted by molar-refractivity contribution is 0.367. The van der Waals surface area contributed by atoms with Crippen LogP contribution in [0.2, 0.25) is 0 Å². The molecule has 3 aliphatic rings. The van der Waals surface area contributed by atoms with Gasteiger partial charge in [-0.2, -0.15) is 0 Å². The van der Waals surface area contributed by atoms with E-state index in [2.05, 4.69) is 26.1 Å². The fraction of sp³-hybridized carbons (Fsp3) is 0.875. The van der Waals surface area contributed by atoms with Gasteiger partial charge in [-0.3, -0.25) is 0 Å². The van der Waals surface area contributed by atoms with Crippen LogP contribution >= 0.6 is 0 Å². The first kappa shape index (κ1) is 11.6. The summed E-state index contributed by atoms with van der Waals surface area (Å²) >= 11 is 0. The molecular formula is C16H27N. The fourth-order valence-electron chi connectivity index (χ4n) is 4.15. The second kappa shape index (κ2) is 4.33. The molecule has 4 atom stereocenters. The van der Waals surface area contributed by atoms with E-state index in [4.69, 9.17) is 0 Å². The molecule has 0 aromatic heterocycles. The monoisotopic (exact) mass is 233 g/mol. The molecule has 1 fully saturated rings. The Hall–Kier alpha value is -0.460. The Morgan fingerprint density at radius 1 is 1.00 bits per heavy atom. The Morgan fingerprint density at radius 2 is 1.65 bits per heavy atom. The molecule has 1 nitrogen and oxygen atoms in total. The van der Waals surface area contributed by atoms with E-state index in [-0.39, 0.29) is 0 Å². The summed E-state index contributed by atoms with van der Waals surface area (Å²) in [6, 6.07) is 0.737. The second-order valence-electron chi connectivity index (χ2n) is 6.88. The molecule has 0 radical (unpaired) electrons. The zero-order valence-electron chi connectivity index (χ0n) is 11.6. The van der Waals surface area contributed by atoms with Gasteiger partial charge in [0.05, 0.1) is 0 Å². The minimum atomic E-state index is 0.737. The molecule has 3 rings (SSSR count). The molecule has 0 amide bonds. The van der Waals surface area contributed by atoms with Crippen molar-refractivity contribution in [2.45, 2.75) is 65.3 Å². The minimum Gasteiger partial charge on any atom is -0.385 e. The van der Waals surface area contributed by atoms with Crippen LogP contribution in [-0.2, 0) is 0 Å². The molecule has 1 aliphatic heterocycles. The fourth-order valence-corrected chi connectivity index (χ4v) is 4.15. The van der Waals surface area contributed by atoms with E-state index >= 15 is 0 Å². The van der Waals surface area contributed by atoms with Crippen LogP contribution in [0.1, 0.15) is 59.3 Å². The molecular weight excluding hydrogens is 206 g/mol. The van der Waals surface area contributed by atoms with E-state index in [1.165, 1.54) is 38.5 Å². The highest BCUT2D eigenvalue weighted by molar-refractivity contribution is 5.20. The Balaban J connectivity index is 1.70. The van der Waals surface area contributed by atoms with Crippen molar-refractivity contribution in [3.8, 4) is 0 Å². The van der Waals surface area contributed by atoms with Gasteiger partial charge in [0.2, 0.25) is 0 Å². The summed E-state index contributed by atoms with van der Waals surface area (Å²) in [6.45, 7) is 7.17. The number of hydrogen-bond acceptors (Lipinski definition) is 1. The lowest BCUT2D eigenvalue weighted by Gasteiger charge is -2.33. The summed E-state index contributed by atoms with van der Waals surface area (Å²) in [4.78, 5) is 0. The predicted octanol–water partition coefficient (Wildman–Crippen LogP) is 4.10. The highest BCUT2D eigenvalue weighted by atomic mass is 14.9. The van der Waals surface area contributed by atoms with Crippen LogP contribution in [0, 0.1) is 23.7 Å². The van der Waals surface area contributed by atoms with Gasteiger partial charge in [0, 0.05) is 11.7 Å². The lowest BCUT2D eigenvalue weighted by Crippen LogP contribution is -2.37. The molecule has 0 bridgehead atoms. The van der Waals surface area contributed by atoms with Crippen molar-refractivity contribution in [3.05, 3.63) is 11.3 Å². The summed E-state index contributed by atoms with van der Waals surface area (Å²) in [5.41, 5.74) is 3.42. The summed E-state index contributed by atoms with van der Waals surface area (Å²) in [5, 5.41) is 3.86. The van der Waals surface area contributed by atoms with Gasteiger partial charge in [0.25, 0.3) is 0 Å². The van der Waals surface area contributed by atoms with Crippen molar-refractivity contribution in [3.63, 3.8) is 0 Å². The molecule has 96 valence electrons. The largest absolute Gasteiger partial charge is 0.385 e. The van der Waals surface area contributed by atoms with Crippen molar-refractivity contribution in [1.82, 2.24) is 5.32 Å². The van der Waals surface area contributed by atoms with Crippen LogP contribution in [0.3, 0.4) is 0 Å². The van der Waals surface area contributed by atoms with Gasteiger partial charge in [-0.15, -0.1) is 0 Å². The molecule has 17 heavy (non-hydrogen) atoms. The molecule has 0 spiro atoms. The van der Waals surface area contributed by atoms with Crippen molar-refractivity contribution in [2.24, 2.45) is 23.7 Å². The third kappa shape index (κ3) is 2.13. The average molecular weight is 233 g/mol. The normalized spacial score (nSPS) is 41.2. The maximum absolute atomic E-state index is 3.86. The third-order valence-electron chi connectivity index (χ3n) is 5.62. The molecule has 0 saturated heterocycles. The lowest BCUT2D eigenvalue weighted by atomic mass is 9.86. The van der Waals surface area contributed by atoms with E-state index in [9.17, 15) is 0 Å². The molecule has 0 aromatic carbocycles. The second-order valence-corrected chi connectivity index (χ2v) is 6.88. The van der Waals surface area contributed by atoms with Crippen LogP contribution in [0.4, 0.5) is 0 Å². The summed E-state index contributed by atoms with van der Waals surface area (Å²) in [5.74, 6) is 3.94. The number of allylic oxidation sites excluding steroid dienone is 2. The van der Waals surface area contributed by atoms with Gasteiger partial charge in [-0.05, 0) is 62.2 Å². The van der Waals surface area contributed by atoms with Crippen LogP contribution in [0.15, 0.2) is 11.3 Å². The van der Waals surface area contributed by atoms with Crippen LogP contribution < -0.4 is 5.32 Å². The molecule has 1 heteroatoms. The summed E-state index contributed by atoms with van der Waals surface area (Å²) in [7, 11) is 0. The minimum absolute atomic E-state index is 0.737. The quantitative estimate of drug-likeness (QED) is 0.719. The van der Waals surface area contributed by atoms with E-state index in [1.54, 1.807) is 11.3 Å². The Kier molecular flexibility index (Phi) is 2.96. The molecule has 1 heterocycles. The zero-order chi connectivity index (χ0) is 12.0. The molecule has 1 saturated carbocycles. The van der Waals surface area contributed by atoms with Gasteiger partial charge >= 0.3 is 0 Å². The molecule has 0 aromatic rings. The Bertz CT molecular complexity index is 328. The Morgan fingerprint density at radius 3 is 2.35 bits per heavy atom. The van der Waals surface area contributed by atoms with E-state index < -0.39 is 0 Å². The maximum atomic E-state index is 3.86. The average Bonchev–Trinajstić information content (AvgIpc) is 2.89. The number of nitrogens with one attached hydrogen (secondary N) is 1. The predicted molar refractivity (Wildman–Crippen MR) is 72.6 cm³/mol. The maximum Gasteiger partial charge on any atom is 0.0284 e. The van der Waals surface area contributed by atoms with Crippen LogP contribution in [0.5, 0.6) is 0 Å². The zero-order valence-corrected chi connectivity index (χ0v) is 11.6. The van der Waals surface area contributed by atoms with E-state index in [1.807, 2.05) is 0 Å².